The van der Waals surface area contributed by atoms with Gasteiger partial charge in [0.25, 0.3) is 0 Å². The summed E-state index contributed by atoms with van der Waals surface area (Å²) in [7, 11) is 3.23. The Morgan fingerprint density at radius 3 is 2.48 bits per heavy atom. The quantitative estimate of drug-likeness (QED) is 0.488. The molecule has 0 radical (unpaired) electrons. The minimum absolute atomic E-state index is 0.0421. The molecule has 156 valence electrons. The van der Waals surface area contributed by atoms with Crippen LogP contribution in [0.3, 0.4) is 0 Å². The second-order valence-corrected chi connectivity index (χ2v) is 7.94. The zero-order chi connectivity index (χ0) is 21.5. The third kappa shape index (κ3) is 3.34. The van der Waals surface area contributed by atoms with Gasteiger partial charge in [0.2, 0.25) is 0 Å². The van der Waals surface area contributed by atoms with Gasteiger partial charge >= 0.3 is 0 Å². The molecule has 0 saturated heterocycles. The number of hydrogen-bond acceptors (Lipinski definition) is 5. The lowest BCUT2D eigenvalue weighted by Crippen LogP contribution is -2.21. The highest BCUT2D eigenvalue weighted by molar-refractivity contribution is 5.99. The molecule has 1 unspecified atom stereocenters. The fourth-order valence-electron chi connectivity index (χ4n) is 4.25. The molecule has 0 amide bonds. The lowest BCUT2D eigenvalue weighted by atomic mass is 9.82. The van der Waals surface area contributed by atoms with E-state index in [1.165, 1.54) is 5.56 Å². The molecule has 0 bridgehead atoms. The Bertz CT molecular complexity index is 1290. The van der Waals surface area contributed by atoms with Crippen molar-refractivity contribution >= 4 is 11.4 Å². The number of hydrogen-bond donors (Lipinski definition) is 0. The van der Waals surface area contributed by atoms with Crippen LogP contribution < -0.4 is 9.47 Å². The predicted molar refractivity (Wildman–Crippen MR) is 118 cm³/mol. The van der Waals surface area contributed by atoms with Crippen LogP contribution in [0.15, 0.2) is 54.9 Å². The van der Waals surface area contributed by atoms with Crippen molar-refractivity contribution in [3.8, 4) is 22.6 Å². The Kier molecular flexibility index (Phi) is 4.70. The van der Waals surface area contributed by atoms with Gasteiger partial charge in [-0.25, -0.2) is 9.50 Å². The van der Waals surface area contributed by atoms with Crippen LogP contribution in [0.4, 0.5) is 0 Å². The lowest BCUT2D eigenvalue weighted by Gasteiger charge is -2.24. The van der Waals surface area contributed by atoms with Crippen molar-refractivity contribution in [3.05, 3.63) is 77.2 Å². The van der Waals surface area contributed by atoms with E-state index < -0.39 is 0 Å². The maximum atomic E-state index is 13.0. The summed E-state index contributed by atoms with van der Waals surface area (Å²) in [5.41, 5.74) is 6.51. The zero-order valence-electron chi connectivity index (χ0n) is 17.8. The first-order valence-corrected chi connectivity index (χ1v) is 10.3. The summed E-state index contributed by atoms with van der Waals surface area (Å²) in [6, 6.07) is 14.1. The lowest BCUT2D eigenvalue weighted by molar-refractivity contribution is 0.0962. The SMILES string of the molecule is COc1ccc(C2CC(=O)c3cn4ncc(-c5ccc(C)cc5)c4nc3C2)cc1OC. The standard InChI is InChI=1S/C25H23N3O3/c1-15-4-6-16(7-5-15)19-13-26-28-14-20-21(27-25(19)28)10-18(11-22(20)29)17-8-9-23(30-2)24(12-17)31-3/h4-9,12-14,18H,10-11H2,1-3H3. The molecular formula is C25H23N3O3. The number of fused-ring (bicyclic) bond motifs is 2. The van der Waals surface area contributed by atoms with Gasteiger partial charge in [0.05, 0.1) is 31.7 Å². The molecule has 0 aliphatic heterocycles. The first-order chi connectivity index (χ1) is 15.1. The Morgan fingerprint density at radius 1 is 0.968 bits per heavy atom. The number of carbonyl (C=O) groups excluding carboxylic acids is 1. The minimum Gasteiger partial charge on any atom is -0.493 e. The van der Waals surface area contributed by atoms with Gasteiger partial charge in [-0.1, -0.05) is 35.9 Å². The fourth-order valence-corrected chi connectivity index (χ4v) is 4.25. The van der Waals surface area contributed by atoms with Crippen LogP contribution in [-0.4, -0.2) is 34.6 Å². The summed E-state index contributed by atoms with van der Waals surface area (Å²) in [5.74, 6) is 1.47. The van der Waals surface area contributed by atoms with Crippen LogP contribution in [0.25, 0.3) is 16.8 Å². The highest BCUT2D eigenvalue weighted by Gasteiger charge is 2.29. The molecule has 2 aromatic heterocycles. The average molecular weight is 413 g/mol. The van der Waals surface area contributed by atoms with Gasteiger partial charge in [0.15, 0.2) is 22.9 Å². The molecule has 0 spiro atoms. The molecular weight excluding hydrogens is 390 g/mol. The van der Waals surface area contributed by atoms with E-state index in [4.69, 9.17) is 14.5 Å². The van der Waals surface area contributed by atoms with Crippen molar-refractivity contribution in [1.29, 1.82) is 0 Å². The molecule has 0 N–H and O–H groups in total. The van der Waals surface area contributed by atoms with Crippen LogP contribution in [0.2, 0.25) is 0 Å². The van der Waals surface area contributed by atoms with Gasteiger partial charge in [0.1, 0.15) is 0 Å². The zero-order valence-corrected chi connectivity index (χ0v) is 17.8. The van der Waals surface area contributed by atoms with E-state index in [1.54, 1.807) is 18.7 Å². The molecule has 1 aliphatic rings. The Morgan fingerprint density at radius 2 is 1.74 bits per heavy atom. The van der Waals surface area contributed by atoms with Crippen molar-refractivity contribution < 1.29 is 14.3 Å². The number of rotatable bonds is 4. The minimum atomic E-state index is 0.0421. The molecule has 0 fully saturated rings. The molecule has 5 rings (SSSR count). The Balaban J connectivity index is 1.55. The normalized spacial score (nSPS) is 15.7. The number of benzene rings is 2. The molecule has 31 heavy (non-hydrogen) atoms. The first kappa shape index (κ1) is 19.3. The summed E-state index contributed by atoms with van der Waals surface area (Å²) in [6.07, 6.45) is 4.75. The number of methoxy groups -OCH3 is 2. The van der Waals surface area contributed by atoms with E-state index in [0.29, 0.717) is 29.9 Å². The summed E-state index contributed by atoms with van der Waals surface area (Å²) >= 11 is 0. The number of nitrogens with zero attached hydrogens (tertiary/aromatic N) is 3. The van der Waals surface area contributed by atoms with Crippen molar-refractivity contribution in [2.45, 2.75) is 25.7 Å². The number of aryl methyl sites for hydroxylation is 1. The average Bonchev–Trinajstić information content (AvgIpc) is 3.20. The molecule has 2 heterocycles. The fraction of sp³-hybridized carbons (Fsp3) is 0.240. The van der Waals surface area contributed by atoms with Gasteiger partial charge in [-0.3, -0.25) is 4.79 Å². The van der Waals surface area contributed by atoms with Gasteiger partial charge < -0.3 is 9.47 Å². The van der Waals surface area contributed by atoms with Crippen molar-refractivity contribution in [2.75, 3.05) is 14.2 Å². The number of ether oxygens (including phenoxy) is 2. The maximum Gasteiger partial charge on any atom is 0.166 e. The first-order valence-electron chi connectivity index (χ1n) is 10.3. The van der Waals surface area contributed by atoms with Crippen molar-refractivity contribution in [1.82, 2.24) is 14.6 Å². The van der Waals surface area contributed by atoms with Crippen LogP contribution in [0.1, 0.15) is 39.5 Å². The Hall–Kier alpha value is -3.67. The number of ketones is 1. The summed E-state index contributed by atoms with van der Waals surface area (Å²) < 4.78 is 12.5. The molecule has 6 heteroatoms. The molecule has 1 atom stereocenters. The van der Waals surface area contributed by atoms with Gasteiger partial charge in [0, 0.05) is 18.2 Å². The number of carbonyl (C=O) groups is 1. The highest BCUT2D eigenvalue weighted by Crippen LogP contribution is 2.37. The third-order valence-electron chi connectivity index (χ3n) is 5.99. The highest BCUT2D eigenvalue weighted by atomic mass is 16.5. The molecule has 2 aromatic carbocycles. The van der Waals surface area contributed by atoms with E-state index in [2.05, 4.69) is 36.3 Å². The molecule has 4 aromatic rings. The summed E-state index contributed by atoms with van der Waals surface area (Å²) in [6.45, 7) is 2.06. The Labute approximate surface area is 180 Å². The molecule has 6 nitrogen and oxygen atoms in total. The number of aromatic nitrogens is 3. The van der Waals surface area contributed by atoms with Crippen molar-refractivity contribution in [3.63, 3.8) is 0 Å². The van der Waals surface area contributed by atoms with Crippen LogP contribution >= 0.6 is 0 Å². The largest absolute Gasteiger partial charge is 0.493 e. The van der Waals surface area contributed by atoms with Crippen LogP contribution in [-0.2, 0) is 6.42 Å². The summed E-state index contributed by atoms with van der Waals surface area (Å²) in [5, 5.41) is 4.45. The van der Waals surface area contributed by atoms with E-state index in [0.717, 1.165) is 28.0 Å². The van der Waals surface area contributed by atoms with E-state index in [1.807, 2.05) is 30.6 Å². The van der Waals surface area contributed by atoms with Gasteiger partial charge in [-0.15, -0.1) is 0 Å². The number of Topliss-reactive ketones (excluding diaryl/α,β-unsaturated/α-hetero) is 1. The predicted octanol–water partition coefficient (Wildman–Crippen LogP) is 4.63. The van der Waals surface area contributed by atoms with Crippen LogP contribution in [0.5, 0.6) is 11.5 Å². The van der Waals surface area contributed by atoms with Gasteiger partial charge in [-0.2, -0.15) is 5.10 Å². The smallest absolute Gasteiger partial charge is 0.166 e. The summed E-state index contributed by atoms with van der Waals surface area (Å²) in [4.78, 5) is 17.9. The topological polar surface area (TPSA) is 65.7 Å². The molecule has 1 aliphatic carbocycles. The monoisotopic (exact) mass is 413 g/mol. The third-order valence-corrected chi connectivity index (χ3v) is 5.99. The second kappa shape index (κ2) is 7.54. The van der Waals surface area contributed by atoms with Crippen molar-refractivity contribution in [2.24, 2.45) is 0 Å². The van der Waals surface area contributed by atoms with Gasteiger partial charge in [-0.05, 0) is 42.5 Å². The van der Waals surface area contributed by atoms with Crippen LogP contribution in [0, 0.1) is 6.92 Å². The molecule has 0 saturated carbocycles. The maximum absolute atomic E-state index is 13.0. The van der Waals surface area contributed by atoms with E-state index in [-0.39, 0.29) is 11.7 Å². The second-order valence-electron chi connectivity index (χ2n) is 7.94. The van der Waals surface area contributed by atoms with E-state index >= 15 is 0 Å². The van der Waals surface area contributed by atoms with E-state index in [9.17, 15) is 4.79 Å².